The second-order valence-corrected chi connectivity index (χ2v) is 2.50. The van der Waals surface area contributed by atoms with Crippen molar-refractivity contribution in [3.05, 3.63) is 24.0 Å². The molecule has 1 aromatic rings. The summed E-state index contributed by atoms with van der Waals surface area (Å²) in [6, 6.07) is 1.41. The molecule has 0 fully saturated rings. The van der Waals surface area contributed by atoms with Crippen LogP contribution in [0.4, 0.5) is 0 Å². The molecule has 0 saturated carbocycles. The van der Waals surface area contributed by atoms with Crippen LogP contribution in [-0.4, -0.2) is 28.9 Å². The normalized spacial score (nSPS) is 12.8. The summed E-state index contributed by atoms with van der Waals surface area (Å²) in [5.74, 6) is 0.112. The van der Waals surface area contributed by atoms with Gasteiger partial charge in [-0.25, -0.2) is 0 Å². The molecule has 0 saturated heterocycles. The first-order valence-electron chi connectivity index (χ1n) is 3.70. The molecule has 1 atom stereocenters. The number of aromatic nitrogens is 1. The Morgan fingerprint density at radius 2 is 2.33 bits per heavy atom. The van der Waals surface area contributed by atoms with E-state index in [1.54, 1.807) is 19.3 Å². The third-order valence-electron chi connectivity index (χ3n) is 1.68. The molecule has 12 heavy (non-hydrogen) atoms. The zero-order valence-electron chi connectivity index (χ0n) is 6.86. The molecule has 0 spiro atoms. The van der Waals surface area contributed by atoms with E-state index in [0.29, 0.717) is 0 Å². The number of hydrogen-bond acceptors (Lipinski definition) is 4. The van der Waals surface area contributed by atoms with E-state index in [1.807, 2.05) is 0 Å². The molecule has 0 aliphatic carbocycles. The van der Waals surface area contributed by atoms with Gasteiger partial charge in [0.05, 0.1) is 18.8 Å². The maximum absolute atomic E-state index is 9.08. The van der Waals surface area contributed by atoms with Crippen LogP contribution in [0.2, 0.25) is 0 Å². The molecule has 4 heteroatoms. The van der Waals surface area contributed by atoms with Crippen molar-refractivity contribution in [3.8, 4) is 5.75 Å². The van der Waals surface area contributed by atoms with Crippen LogP contribution < -0.4 is 5.32 Å². The minimum atomic E-state index is -0.162. The fourth-order valence-corrected chi connectivity index (χ4v) is 0.999. The van der Waals surface area contributed by atoms with Crippen LogP contribution in [0.3, 0.4) is 0 Å². The van der Waals surface area contributed by atoms with Crippen molar-refractivity contribution < 1.29 is 10.2 Å². The Morgan fingerprint density at radius 3 is 2.83 bits per heavy atom. The number of rotatable bonds is 3. The Hall–Kier alpha value is -1.13. The lowest BCUT2D eigenvalue weighted by Crippen LogP contribution is -2.19. The van der Waals surface area contributed by atoms with Gasteiger partial charge in [-0.05, 0) is 18.7 Å². The van der Waals surface area contributed by atoms with Gasteiger partial charge in [-0.3, -0.25) is 4.98 Å². The molecular formula is C8H12N2O2. The predicted octanol–water partition coefficient (Wildman–Crippen LogP) is 0.0400. The lowest BCUT2D eigenvalue weighted by atomic mass is 10.1. The van der Waals surface area contributed by atoms with E-state index in [2.05, 4.69) is 10.3 Å². The summed E-state index contributed by atoms with van der Waals surface area (Å²) in [6.07, 6.45) is 2.96. The molecule has 0 amide bonds. The van der Waals surface area contributed by atoms with Crippen LogP contribution >= 0.6 is 0 Å². The number of hydrogen-bond donors (Lipinski definition) is 3. The molecule has 0 radical (unpaired) electrons. The number of aliphatic hydroxyl groups is 1. The molecule has 0 aliphatic heterocycles. The highest BCUT2D eigenvalue weighted by Crippen LogP contribution is 2.15. The standard InChI is InChI=1S/C8H12N2O2/c1-9-8(5-11)6-2-7(12)4-10-3-6/h2-4,8-9,11-12H,5H2,1H3/t8-/m1/s1. The number of aromatic hydroxyl groups is 1. The molecule has 3 N–H and O–H groups in total. The predicted molar refractivity (Wildman–Crippen MR) is 44.8 cm³/mol. The molecule has 4 nitrogen and oxygen atoms in total. The topological polar surface area (TPSA) is 65.4 Å². The summed E-state index contributed by atoms with van der Waals surface area (Å²) < 4.78 is 0. The maximum Gasteiger partial charge on any atom is 0.134 e. The fourth-order valence-electron chi connectivity index (χ4n) is 0.999. The van der Waals surface area contributed by atoms with E-state index in [-0.39, 0.29) is 18.4 Å². The van der Waals surface area contributed by atoms with Crippen LogP contribution in [0, 0.1) is 0 Å². The molecule has 1 heterocycles. The van der Waals surface area contributed by atoms with Gasteiger partial charge in [0.25, 0.3) is 0 Å². The highest BCUT2D eigenvalue weighted by Gasteiger charge is 2.07. The Kier molecular flexibility index (Phi) is 3.01. The van der Waals surface area contributed by atoms with Gasteiger partial charge in [0.15, 0.2) is 0 Å². The Bertz CT molecular complexity index is 249. The van der Waals surface area contributed by atoms with E-state index in [9.17, 15) is 0 Å². The monoisotopic (exact) mass is 168 g/mol. The smallest absolute Gasteiger partial charge is 0.134 e. The SMILES string of the molecule is CN[C@H](CO)c1cncc(O)c1. The first-order chi connectivity index (χ1) is 5.77. The van der Waals surface area contributed by atoms with Crippen molar-refractivity contribution >= 4 is 0 Å². The average molecular weight is 168 g/mol. The molecule has 0 bridgehead atoms. The second kappa shape index (κ2) is 4.04. The van der Waals surface area contributed by atoms with Gasteiger partial charge < -0.3 is 15.5 Å². The van der Waals surface area contributed by atoms with Crippen LogP contribution in [0.25, 0.3) is 0 Å². The van der Waals surface area contributed by atoms with Crippen molar-refractivity contribution in [3.63, 3.8) is 0 Å². The van der Waals surface area contributed by atoms with E-state index in [4.69, 9.17) is 10.2 Å². The summed E-state index contributed by atoms with van der Waals surface area (Å²) >= 11 is 0. The molecule has 1 rings (SSSR count). The second-order valence-electron chi connectivity index (χ2n) is 2.50. The fraction of sp³-hybridized carbons (Fsp3) is 0.375. The summed E-state index contributed by atoms with van der Waals surface area (Å²) in [7, 11) is 1.74. The van der Waals surface area contributed by atoms with E-state index >= 15 is 0 Å². The lowest BCUT2D eigenvalue weighted by molar-refractivity contribution is 0.250. The lowest BCUT2D eigenvalue weighted by Gasteiger charge is -2.12. The number of nitrogens with one attached hydrogen (secondary N) is 1. The van der Waals surface area contributed by atoms with Crippen LogP contribution in [0.1, 0.15) is 11.6 Å². The maximum atomic E-state index is 9.08. The Morgan fingerprint density at radius 1 is 1.58 bits per heavy atom. The van der Waals surface area contributed by atoms with Crippen LogP contribution in [0.15, 0.2) is 18.5 Å². The Labute approximate surface area is 70.9 Å². The molecule has 0 aromatic carbocycles. The minimum absolute atomic E-state index is 0.0123. The van der Waals surface area contributed by atoms with Gasteiger partial charge in [0.2, 0.25) is 0 Å². The van der Waals surface area contributed by atoms with Crippen molar-refractivity contribution in [1.29, 1.82) is 0 Å². The summed E-state index contributed by atoms with van der Waals surface area (Å²) in [5, 5.41) is 20.9. The molecule has 0 aliphatic rings. The van der Waals surface area contributed by atoms with Crippen molar-refractivity contribution in [2.24, 2.45) is 0 Å². The average Bonchev–Trinajstić information content (AvgIpc) is 2.07. The molecule has 66 valence electrons. The highest BCUT2D eigenvalue weighted by molar-refractivity contribution is 5.24. The summed E-state index contributed by atoms with van der Waals surface area (Å²) in [5.41, 5.74) is 0.778. The van der Waals surface area contributed by atoms with Gasteiger partial charge in [-0.15, -0.1) is 0 Å². The van der Waals surface area contributed by atoms with E-state index < -0.39 is 0 Å². The van der Waals surface area contributed by atoms with Gasteiger partial charge in [0.1, 0.15) is 5.75 Å². The van der Waals surface area contributed by atoms with Crippen molar-refractivity contribution in [1.82, 2.24) is 10.3 Å². The minimum Gasteiger partial charge on any atom is -0.506 e. The van der Waals surface area contributed by atoms with Gasteiger partial charge in [-0.1, -0.05) is 0 Å². The molecule has 0 unspecified atom stereocenters. The summed E-state index contributed by atoms with van der Waals surface area (Å²) in [6.45, 7) is -0.0123. The first kappa shape index (κ1) is 8.96. The van der Waals surface area contributed by atoms with Crippen molar-refractivity contribution in [2.75, 3.05) is 13.7 Å². The van der Waals surface area contributed by atoms with Crippen LogP contribution in [0.5, 0.6) is 5.75 Å². The Balaban J connectivity index is 2.85. The van der Waals surface area contributed by atoms with Gasteiger partial charge in [-0.2, -0.15) is 0 Å². The van der Waals surface area contributed by atoms with E-state index in [1.165, 1.54) is 6.20 Å². The first-order valence-corrected chi connectivity index (χ1v) is 3.70. The van der Waals surface area contributed by atoms with Crippen LogP contribution in [-0.2, 0) is 0 Å². The number of likely N-dealkylation sites (N-methyl/N-ethyl adjacent to an activating group) is 1. The molecular weight excluding hydrogens is 156 g/mol. The van der Waals surface area contributed by atoms with Gasteiger partial charge >= 0.3 is 0 Å². The number of aliphatic hydroxyl groups excluding tert-OH is 1. The zero-order chi connectivity index (χ0) is 8.97. The number of pyridine rings is 1. The van der Waals surface area contributed by atoms with E-state index in [0.717, 1.165) is 5.56 Å². The van der Waals surface area contributed by atoms with Gasteiger partial charge in [0, 0.05) is 6.20 Å². The highest BCUT2D eigenvalue weighted by atomic mass is 16.3. The number of nitrogens with zero attached hydrogens (tertiary/aromatic N) is 1. The van der Waals surface area contributed by atoms with Crippen molar-refractivity contribution in [2.45, 2.75) is 6.04 Å². The zero-order valence-corrected chi connectivity index (χ0v) is 6.86. The third-order valence-corrected chi connectivity index (χ3v) is 1.68. The third kappa shape index (κ3) is 1.93. The summed E-state index contributed by atoms with van der Waals surface area (Å²) in [4.78, 5) is 3.80. The largest absolute Gasteiger partial charge is 0.506 e. The molecule has 1 aromatic heterocycles. The quantitative estimate of drug-likeness (QED) is 0.596.